The third-order valence-corrected chi connectivity index (χ3v) is 9.12. The first kappa shape index (κ1) is 27.8. The molecule has 4 nitrogen and oxygen atoms in total. The molecule has 0 bridgehead atoms. The summed E-state index contributed by atoms with van der Waals surface area (Å²) in [6.07, 6.45) is 7.18. The van der Waals surface area contributed by atoms with Crippen LogP contribution in [0.3, 0.4) is 0 Å². The van der Waals surface area contributed by atoms with Crippen LogP contribution in [0.1, 0.15) is 0 Å². The SMILES string of the molecule is c1ccc2c(c1)c1ccccc1c1ccccc1c1cc(-c3nc(-c4ccncc4)cc(-c4ccncc4)n3)ccc1c1ccccc21. The van der Waals surface area contributed by atoms with E-state index in [-0.39, 0.29) is 0 Å². The van der Waals surface area contributed by atoms with Gasteiger partial charge in [0.25, 0.3) is 0 Å². The minimum Gasteiger partial charge on any atom is -0.265 e. The molecule has 0 amide bonds. The van der Waals surface area contributed by atoms with Gasteiger partial charge in [-0.1, -0.05) is 109 Å². The lowest BCUT2D eigenvalue weighted by Gasteiger charge is -2.12. The van der Waals surface area contributed by atoms with E-state index in [1.165, 1.54) is 37.7 Å². The van der Waals surface area contributed by atoms with Gasteiger partial charge in [-0.15, -0.1) is 0 Å². The molecule has 0 atom stereocenters. The number of rotatable bonds is 3. The maximum Gasteiger partial charge on any atom is 0.160 e. The maximum atomic E-state index is 5.14. The van der Waals surface area contributed by atoms with Gasteiger partial charge in [-0.25, -0.2) is 9.97 Å². The molecule has 0 N–H and O–H groups in total. The van der Waals surface area contributed by atoms with E-state index in [4.69, 9.17) is 9.97 Å². The second-order valence-electron chi connectivity index (χ2n) is 11.9. The molecule has 0 aliphatic heterocycles. The molecule has 0 aliphatic rings. The van der Waals surface area contributed by atoms with Crippen molar-refractivity contribution in [3.8, 4) is 33.9 Å². The lowest BCUT2D eigenvalue weighted by atomic mass is 9.94. The zero-order valence-electron chi connectivity index (χ0n) is 26.0. The van der Waals surface area contributed by atoms with Gasteiger partial charge in [-0.05, 0) is 90.3 Å². The fraction of sp³-hybridized carbons (Fsp3) is 0. The molecular weight excluding hydrogens is 585 g/mol. The van der Waals surface area contributed by atoms with E-state index >= 15 is 0 Å². The van der Waals surface area contributed by atoms with Crippen LogP contribution in [-0.4, -0.2) is 19.9 Å². The predicted octanol–water partition coefficient (Wildman–Crippen LogP) is 11.2. The van der Waals surface area contributed by atoms with Crippen LogP contribution in [0.2, 0.25) is 0 Å². The third-order valence-electron chi connectivity index (χ3n) is 9.12. The fourth-order valence-electron chi connectivity index (χ4n) is 6.87. The van der Waals surface area contributed by atoms with Crippen LogP contribution < -0.4 is 0 Å². The van der Waals surface area contributed by atoms with E-state index in [0.717, 1.165) is 44.2 Å². The van der Waals surface area contributed by atoms with Crippen molar-refractivity contribution in [1.82, 2.24) is 19.9 Å². The molecule has 48 heavy (non-hydrogen) atoms. The van der Waals surface area contributed by atoms with Crippen LogP contribution in [0.5, 0.6) is 0 Å². The number of hydrogen-bond donors (Lipinski definition) is 0. The molecule has 4 heteroatoms. The van der Waals surface area contributed by atoms with Gasteiger partial charge in [0.2, 0.25) is 0 Å². The van der Waals surface area contributed by atoms with Crippen molar-refractivity contribution in [1.29, 1.82) is 0 Å². The second-order valence-corrected chi connectivity index (χ2v) is 11.9. The predicted molar refractivity (Wildman–Crippen MR) is 199 cm³/mol. The smallest absolute Gasteiger partial charge is 0.160 e. The molecule has 0 unspecified atom stereocenters. The summed E-state index contributed by atoms with van der Waals surface area (Å²) in [6, 6.07) is 51.6. The minimum atomic E-state index is 0.660. The number of nitrogens with zero attached hydrogens (tertiary/aromatic N) is 4. The Morgan fingerprint density at radius 3 is 0.979 bits per heavy atom. The first-order valence-electron chi connectivity index (χ1n) is 16.0. The summed E-state index contributed by atoms with van der Waals surface area (Å²) in [7, 11) is 0. The Balaban J connectivity index is 1.45. The zero-order valence-corrected chi connectivity index (χ0v) is 26.0. The number of pyridine rings is 2. The average Bonchev–Trinajstić information content (AvgIpc) is 3.18. The largest absolute Gasteiger partial charge is 0.265 e. The lowest BCUT2D eigenvalue weighted by Crippen LogP contribution is -1.96. The van der Waals surface area contributed by atoms with Crippen LogP contribution in [0.15, 0.2) is 170 Å². The van der Waals surface area contributed by atoms with Crippen molar-refractivity contribution < 1.29 is 0 Å². The van der Waals surface area contributed by atoms with Crippen molar-refractivity contribution in [2.45, 2.75) is 0 Å². The second kappa shape index (κ2) is 11.7. The van der Waals surface area contributed by atoms with Gasteiger partial charge in [-0.2, -0.15) is 0 Å². The molecule has 224 valence electrons. The minimum absolute atomic E-state index is 0.660. The first-order valence-corrected chi connectivity index (χ1v) is 16.0. The van der Waals surface area contributed by atoms with Crippen LogP contribution in [0.4, 0.5) is 0 Å². The zero-order chi connectivity index (χ0) is 31.9. The van der Waals surface area contributed by atoms with Gasteiger partial charge in [0.1, 0.15) is 0 Å². The van der Waals surface area contributed by atoms with Gasteiger partial charge < -0.3 is 0 Å². The Hall–Kier alpha value is -6.52. The molecule has 0 saturated heterocycles. The van der Waals surface area contributed by atoms with Crippen molar-refractivity contribution in [2.75, 3.05) is 0 Å². The Morgan fingerprint density at radius 1 is 0.271 bits per heavy atom. The summed E-state index contributed by atoms with van der Waals surface area (Å²) in [6.45, 7) is 0. The maximum absolute atomic E-state index is 5.14. The highest BCUT2D eigenvalue weighted by Gasteiger charge is 2.13. The number of aromatic nitrogens is 4. The third kappa shape index (κ3) is 4.79. The van der Waals surface area contributed by atoms with E-state index in [9.17, 15) is 0 Å². The van der Waals surface area contributed by atoms with Crippen molar-refractivity contribution in [2.24, 2.45) is 0 Å². The molecule has 0 radical (unpaired) electrons. The summed E-state index contributed by atoms with van der Waals surface area (Å²) in [5, 5.41) is 11.9. The number of fused-ring (bicyclic) bond motifs is 10. The summed E-state index contributed by atoms with van der Waals surface area (Å²) in [5.41, 5.74) is 4.59. The quantitative estimate of drug-likeness (QED) is 0.199. The van der Waals surface area contributed by atoms with Crippen LogP contribution >= 0.6 is 0 Å². The molecule has 0 fully saturated rings. The molecule has 6 aromatic carbocycles. The Bertz CT molecular complexity index is 2590. The van der Waals surface area contributed by atoms with Crippen molar-refractivity contribution >= 4 is 53.9 Å². The van der Waals surface area contributed by atoms with Crippen molar-refractivity contribution in [3.63, 3.8) is 0 Å². The van der Waals surface area contributed by atoms with Crippen LogP contribution in [0.25, 0.3) is 87.8 Å². The van der Waals surface area contributed by atoms with Crippen molar-refractivity contribution in [3.05, 3.63) is 170 Å². The van der Waals surface area contributed by atoms with E-state index in [1.54, 1.807) is 24.8 Å². The Morgan fingerprint density at radius 2 is 0.604 bits per heavy atom. The van der Waals surface area contributed by atoms with E-state index in [2.05, 4.69) is 125 Å². The number of hydrogen-bond acceptors (Lipinski definition) is 4. The highest BCUT2D eigenvalue weighted by atomic mass is 14.9. The topological polar surface area (TPSA) is 51.6 Å². The highest BCUT2D eigenvalue weighted by molar-refractivity contribution is 6.26. The Kier molecular flexibility index (Phi) is 6.76. The molecular formula is C44H28N4. The molecule has 0 saturated carbocycles. The van der Waals surface area contributed by atoms with Gasteiger partial charge in [-0.3, -0.25) is 9.97 Å². The van der Waals surface area contributed by atoms with Gasteiger partial charge in [0.15, 0.2) is 5.82 Å². The summed E-state index contributed by atoms with van der Waals surface area (Å²) in [5.74, 6) is 0.660. The molecule has 3 heterocycles. The van der Waals surface area contributed by atoms with Gasteiger partial charge in [0.05, 0.1) is 11.4 Å². The lowest BCUT2D eigenvalue weighted by molar-refractivity contribution is 1.18. The molecule has 3 aromatic heterocycles. The molecule has 0 aliphatic carbocycles. The summed E-state index contributed by atoms with van der Waals surface area (Å²) >= 11 is 0. The Labute approximate surface area is 277 Å². The first-order chi connectivity index (χ1) is 23.8. The number of benzene rings is 5. The van der Waals surface area contributed by atoms with E-state index in [1.807, 2.05) is 30.3 Å². The van der Waals surface area contributed by atoms with E-state index < -0.39 is 0 Å². The van der Waals surface area contributed by atoms with Crippen LogP contribution in [-0.2, 0) is 0 Å². The average molecular weight is 613 g/mol. The molecule has 9 rings (SSSR count). The normalized spacial score (nSPS) is 11.3. The monoisotopic (exact) mass is 612 g/mol. The van der Waals surface area contributed by atoms with Crippen LogP contribution in [0, 0.1) is 0 Å². The fourth-order valence-corrected chi connectivity index (χ4v) is 6.87. The molecule has 9 aromatic rings. The van der Waals surface area contributed by atoms with Gasteiger partial charge >= 0.3 is 0 Å². The van der Waals surface area contributed by atoms with Gasteiger partial charge in [0, 0.05) is 41.5 Å². The highest BCUT2D eigenvalue weighted by Crippen LogP contribution is 2.37. The summed E-state index contributed by atoms with van der Waals surface area (Å²) in [4.78, 5) is 18.7. The summed E-state index contributed by atoms with van der Waals surface area (Å²) < 4.78 is 0. The standard InChI is InChI=1S/C44H28N4/c1-2-11-34-32(9-1)33-10-3-4-12-35(33)37-14-7-8-16-39(37)41-27-31(17-18-40(41)38-15-6-5-13-36(34)38)44-47-42(29-19-23-45-24-20-29)28-43(48-44)30-21-25-46-26-22-30/h1-28H. The van der Waals surface area contributed by atoms with E-state index in [0.29, 0.717) is 5.82 Å². The molecule has 0 spiro atoms.